The molecule has 6 rings (SSSR count). The Morgan fingerprint density at radius 1 is 0.545 bits per heavy atom. The van der Waals surface area contributed by atoms with Crippen LogP contribution in [0.2, 0.25) is 0 Å². The van der Waals surface area contributed by atoms with Gasteiger partial charge in [0.1, 0.15) is 11.6 Å². The number of aromatic hydroxyl groups is 1. The molecule has 0 fully saturated rings. The number of phenols is 1. The Balaban J connectivity index is 1.53. The summed E-state index contributed by atoms with van der Waals surface area (Å²) in [5, 5.41) is 11.5. The average molecular weight is 576 g/mol. The molecule has 0 saturated heterocycles. The number of phenolic OH excluding ortho intramolecular Hbond substituents is 1. The first-order chi connectivity index (χ1) is 21.4. The molecule has 0 radical (unpaired) electrons. The Morgan fingerprint density at radius 3 is 1.84 bits per heavy atom. The van der Waals surface area contributed by atoms with Crippen LogP contribution in [0.3, 0.4) is 0 Å². The molecule has 0 aliphatic heterocycles. The number of nitrogens with zero attached hydrogens (tertiary/aromatic N) is 3. The molecular formula is C40H37N3O. The van der Waals surface area contributed by atoms with Crippen LogP contribution >= 0.6 is 0 Å². The fourth-order valence-electron chi connectivity index (χ4n) is 5.51. The lowest BCUT2D eigenvalue weighted by Crippen LogP contribution is -2.13. The summed E-state index contributed by atoms with van der Waals surface area (Å²) >= 11 is 0. The molecule has 6 aromatic rings. The van der Waals surface area contributed by atoms with Gasteiger partial charge in [-0.3, -0.25) is 9.88 Å². The third-order valence-electron chi connectivity index (χ3n) is 7.98. The van der Waals surface area contributed by atoms with Crippen molar-refractivity contribution in [2.45, 2.75) is 39.5 Å². The third-order valence-corrected chi connectivity index (χ3v) is 7.98. The maximum absolute atomic E-state index is 11.5. The number of hydrogen-bond donors (Lipinski definition) is 1. The summed E-state index contributed by atoms with van der Waals surface area (Å²) in [4.78, 5) is 11.9. The highest BCUT2D eigenvalue weighted by Gasteiger charge is 2.20. The van der Waals surface area contributed by atoms with Gasteiger partial charge < -0.3 is 5.11 Å². The Hall–Kier alpha value is -5.22. The minimum Gasteiger partial charge on any atom is -0.507 e. The first-order valence-electron chi connectivity index (χ1n) is 15.2. The predicted octanol–water partition coefficient (Wildman–Crippen LogP) is 10.9. The SMILES string of the molecule is CC(C)c1cc(C(C)C)cc(N(c2cccc(-c3cccc(-c4ccccc4)c3O)c2)c2cccc(-c3ccccn3)n2)c1. The van der Waals surface area contributed by atoms with E-state index in [1.807, 2.05) is 97.1 Å². The van der Waals surface area contributed by atoms with E-state index in [0.29, 0.717) is 11.8 Å². The predicted molar refractivity (Wildman–Crippen MR) is 183 cm³/mol. The van der Waals surface area contributed by atoms with Crippen molar-refractivity contribution in [2.24, 2.45) is 0 Å². The van der Waals surface area contributed by atoms with Crippen LogP contribution in [0.4, 0.5) is 17.2 Å². The van der Waals surface area contributed by atoms with Crippen molar-refractivity contribution in [2.75, 3.05) is 4.90 Å². The van der Waals surface area contributed by atoms with Gasteiger partial charge >= 0.3 is 0 Å². The summed E-state index contributed by atoms with van der Waals surface area (Å²) in [5.41, 5.74) is 9.68. The number of benzene rings is 4. The molecule has 218 valence electrons. The quantitative estimate of drug-likeness (QED) is 0.196. The van der Waals surface area contributed by atoms with E-state index >= 15 is 0 Å². The summed E-state index contributed by atoms with van der Waals surface area (Å²) in [6.45, 7) is 8.93. The summed E-state index contributed by atoms with van der Waals surface area (Å²) in [6.07, 6.45) is 1.79. The number of pyridine rings is 2. The topological polar surface area (TPSA) is 49.2 Å². The lowest BCUT2D eigenvalue weighted by atomic mass is 9.94. The molecular weight excluding hydrogens is 538 g/mol. The van der Waals surface area contributed by atoms with E-state index in [2.05, 4.69) is 67.9 Å². The highest BCUT2D eigenvalue weighted by atomic mass is 16.3. The number of anilines is 3. The minimum absolute atomic E-state index is 0.265. The Labute approximate surface area is 260 Å². The maximum atomic E-state index is 11.5. The van der Waals surface area contributed by atoms with Gasteiger partial charge in [0, 0.05) is 28.7 Å². The van der Waals surface area contributed by atoms with Gasteiger partial charge in [0.05, 0.1) is 11.4 Å². The standard InChI is InChI=1S/C40H37N3O/c1-27(2)31-23-32(28(3)4)26-34(25-31)43(39-21-12-20-38(42-39)37-19-8-9-22-41-37)33-16-10-15-30(24-33)36-18-11-17-35(40(36)44)29-13-6-5-7-14-29/h5-28,44H,1-4H3. The van der Waals surface area contributed by atoms with Crippen LogP contribution in [-0.4, -0.2) is 15.1 Å². The molecule has 4 nitrogen and oxygen atoms in total. The van der Waals surface area contributed by atoms with E-state index in [1.165, 1.54) is 11.1 Å². The number of rotatable bonds is 8. The summed E-state index contributed by atoms with van der Waals surface area (Å²) in [7, 11) is 0. The highest BCUT2D eigenvalue weighted by molar-refractivity contribution is 5.85. The van der Waals surface area contributed by atoms with Crippen LogP contribution in [0.25, 0.3) is 33.6 Å². The molecule has 0 atom stereocenters. The second-order valence-corrected chi connectivity index (χ2v) is 11.7. The molecule has 0 spiro atoms. The van der Waals surface area contributed by atoms with E-state index in [4.69, 9.17) is 4.98 Å². The first kappa shape index (κ1) is 28.9. The first-order valence-corrected chi connectivity index (χ1v) is 15.2. The molecule has 0 unspecified atom stereocenters. The zero-order valence-corrected chi connectivity index (χ0v) is 25.6. The normalized spacial score (nSPS) is 11.2. The zero-order valence-electron chi connectivity index (χ0n) is 25.6. The molecule has 0 bridgehead atoms. The number of hydrogen-bond acceptors (Lipinski definition) is 4. The summed E-state index contributed by atoms with van der Waals surface area (Å²) in [5.74, 6) is 1.79. The smallest absolute Gasteiger partial charge is 0.138 e. The molecule has 0 aliphatic carbocycles. The highest BCUT2D eigenvalue weighted by Crippen LogP contribution is 2.42. The summed E-state index contributed by atoms with van der Waals surface area (Å²) < 4.78 is 0. The van der Waals surface area contributed by atoms with Gasteiger partial charge in [-0.15, -0.1) is 0 Å². The second-order valence-electron chi connectivity index (χ2n) is 11.7. The minimum atomic E-state index is 0.265. The Bertz CT molecular complexity index is 1850. The van der Waals surface area contributed by atoms with Crippen molar-refractivity contribution in [3.05, 3.63) is 145 Å². The molecule has 4 heteroatoms. The molecule has 0 aliphatic rings. The van der Waals surface area contributed by atoms with E-state index < -0.39 is 0 Å². The van der Waals surface area contributed by atoms with E-state index in [-0.39, 0.29) is 5.75 Å². The van der Waals surface area contributed by atoms with Crippen molar-refractivity contribution >= 4 is 17.2 Å². The fourth-order valence-corrected chi connectivity index (χ4v) is 5.51. The van der Waals surface area contributed by atoms with Crippen LogP contribution in [-0.2, 0) is 0 Å². The molecule has 0 amide bonds. The lowest BCUT2D eigenvalue weighted by molar-refractivity contribution is 0.479. The summed E-state index contributed by atoms with van der Waals surface area (Å²) in [6, 6.07) is 43.1. The monoisotopic (exact) mass is 575 g/mol. The molecule has 2 heterocycles. The molecule has 4 aromatic carbocycles. The van der Waals surface area contributed by atoms with Crippen LogP contribution < -0.4 is 4.90 Å². The van der Waals surface area contributed by atoms with Crippen molar-refractivity contribution in [1.29, 1.82) is 0 Å². The van der Waals surface area contributed by atoms with Crippen LogP contribution in [0.15, 0.2) is 134 Å². The third kappa shape index (κ3) is 5.97. The Kier molecular flexibility index (Phi) is 8.25. The molecule has 2 aromatic heterocycles. The van der Waals surface area contributed by atoms with Gasteiger partial charge in [-0.05, 0) is 82.6 Å². The largest absolute Gasteiger partial charge is 0.507 e. The Morgan fingerprint density at radius 2 is 1.16 bits per heavy atom. The van der Waals surface area contributed by atoms with Crippen molar-refractivity contribution in [1.82, 2.24) is 9.97 Å². The zero-order chi connectivity index (χ0) is 30.6. The van der Waals surface area contributed by atoms with Gasteiger partial charge in [-0.25, -0.2) is 4.98 Å². The van der Waals surface area contributed by atoms with Crippen molar-refractivity contribution in [3.8, 4) is 39.4 Å². The van der Waals surface area contributed by atoms with Gasteiger partial charge in [0.15, 0.2) is 0 Å². The van der Waals surface area contributed by atoms with Crippen LogP contribution in [0.5, 0.6) is 5.75 Å². The van der Waals surface area contributed by atoms with E-state index in [1.54, 1.807) is 6.20 Å². The van der Waals surface area contributed by atoms with Crippen LogP contribution in [0, 0.1) is 0 Å². The van der Waals surface area contributed by atoms with Gasteiger partial charge in [-0.2, -0.15) is 0 Å². The van der Waals surface area contributed by atoms with Crippen molar-refractivity contribution in [3.63, 3.8) is 0 Å². The molecule has 1 N–H and O–H groups in total. The van der Waals surface area contributed by atoms with Gasteiger partial charge in [0.25, 0.3) is 0 Å². The number of aromatic nitrogens is 2. The van der Waals surface area contributed by atoms with Crippen LogP contribution in [0.1, 0.15) is 50.7 Å². The number of para-hydroxylation sites is 1. The van der Waals surface area contributed by atoms with Crippen molar-refractivity contribution < 1.29 is 5.11 Å². The second kappa shape index (κ2) is 12.6. The maximum Gasteiger partial charge on any atom is 0.138 e. The molecule has 0 saturated carbocycles. The van der Waals surface area contributed by atoms with Gasteiger partial charge in [0.2, 0.25) is 0 Å². The molecule has 44 heavy (non-hydrogen) atoms. The van der Waals surface area contributed by atoms with E-state index in [9.17, 15) is 5.11 Å². The average Bonchev–Trinajstić information content (AvgIpc) is 3.06. The van der Waals surface area contributed by atoms with E-state index in [0.717, 1.165) is 50.8 Å². The lowest BCUT2D eigenvalue weighted by Gasteiger charge is -2.27. The fraction of sp³-hybridized carbons (Fsp3) is 0.150. The van der Waals surface area contributed by atoms with Gasteiger partial charge in [-0.1, -0.05) is 107 Å².